The van der Waals surface area contributed by atoms with Gasteiger partial charge in [0.15, 0.2) is 0 Å². The first-order chi connectivity index (χ1) is 5.66. The molecule has 0 spiro atoms. The minimum absolute atomic E-state index is 0.224. The normalized spacial score (nSPS) is 23.7. The third-order valence-electron chi connectivity index (χ3n) is 2.06. The summed E-state index contributed by atoms with van der Waals surface area (Å²) in [4.78, 5) is 11.8. The Hall–Kier alpha value is -0.710. The van der Waals surface area contributed by atoms with Crippen LogP contribution in [0.1, 0.15) is 12.8 Å². The molecule has 0 aromatic heterocycles. The zero-order valence-corrected chi connectivity index (χ0v) is 6.54. The number of alkyl halides is 2. The van der Waals surface area contributed by atoms with E-state index >= 15 is 0 Å². The highest BCUT2D eigenvalue weighted by Crippen LogP contribution is 2.18. The predicted molar refractivity (Wildman–Crippen MR) is 37.8 cm³/mol. The molecule has 1 unspecified atom stereocenters. The van der Waals surface area contributed by atoms with E-state index in [1.165, 1.54) is 0 Å². The molecule has 1 amide bonds. The van der Waals surface area contributed by atoms with Crippen molar-refractivity contribution in [2.45, 2.75) is 25.3 Å². The summed E-state index contributed by atoms with van der Waals surface area (Å²) in [5, 5.41) is 8.73. The highest BCUT2D eigenvalue weighted by Gasteiger charge is 2.32. The van der Waals surface area contributed by atoms with Crippen molar-refractivity contribution in [2.24, 2.45) is 0 Å². The van der Waals surface area contributed by atoms with Crippen molar-refractivity contribution in [1.82, 2.24) is 4.90 Å². The van der Waals surface area contributed by atoms with Gasteiger partial charge in [-0.3, -0.25) is 4.79 Å². The van der Waals surface area contributed by atoms with Crippen LogP contribution in [0.25, 0.3) is 0 Å². The lowest BCUT2D eigenvalue weighted by Crippen LogP contribution is -2.40. The van der Waals surface area contributed by atoms with Crippen LogP contribution in [0.4, 0.5) is 8.78 Å². The van der Waals surface area contributed by atoms with Crippen molar-refractivity contribution in [3.05, 3.63) is 0 Å². The van der Waals surface area contributed by atoms with E-state index < -0.39 is 18.4 Å². The second-order valence-electron chi connectivity index (χ2n) is 2.81. The second-order valence-corrected chi connectivity index (χ2v) is 2.81. The number of aliphatic hydroxyl groups excluding tert-OH is 1. The van der Waals surface area contributed by atoms with E-state index in [0.29, 0.717) is 19.4 Å². The fourth-order valence-corrected chi connectivity index (χ4v) is 1.44. The van der Waals surface area contributed by atoms with Crippen molar-refractivity contribution >= 4 is 5.91 Å². The molecule has 3 nitrogen and oxygen atoms in total. The summed E-state index contributed by atoms with van der Waals surface area (Å²) in [7, 11) is 0. The molecule has 12 heavy (non-hydrogen) atoms. The van der Waals surface area contributed by atoms with Gasteiger partial charge in [-0.25, -0.2) is 0 Å². The number of hydrogen-bond donors (Lipinski definition) is 1. The molecule has 1 aliphatic rings. The smallest absolute Gasteiger partial charge is 0.315 e. The number of amides is 1. The fourth-order valence-electron chi connectivity index (χ4n) is 1.44. The summed E-state index contributed by atoms with van der Waals surface area (Å²) in [6.07, 6.45) is -1.63. The van der Waals surface area contributed by atoms with E-state index in [2.05, 4.69) is 0 Å². The van der Waals surface area contributed by atoms with Gasteiger partial charge >= 0.3 is 6.43 Å². The van der Waals surface area contributed by atoms with Crippen molar-refractivity contribution < 1.29 is 18.7 Å². The van der Waals surface area contributed by atoms with Crippen molar-refractivity contribution in [2.75, 3.05) is 13.2 Å². The summed E-state index contributed by atoms with van der Waals surface area (Å²) in [6.45, 7) is 0.118. The number of carbonyl (C=O) groups is 1. The summed E-state index contributed by atoms with van der Waals surface area (Å²) >= 11 is 0. The average molecular weight is 179 g/mol. The molecule has 70 valence electrons. The Bertz CT molecular complexity index is 175. The minimum Gasteiger partial charge on any atom is -0.394 e. The molecular formula is C7H11F2NO2. The van der Waals surface area contributed by atoms with E-state index in [9.17, 15) is 13.6 Å². The fraction of sp³-hybridized carbons (Fsp3) is 0.857. The number of aliphatic hydroxyl groups is 1. The standard InChI is InChI=1S/C7H11F2NO2/c8-6(9)7(12)10-3-1-2-5(10)4-11/h5-6,11H,1-4H2. The molecule has 0 saturated carbocycles. The molecular weight excluding hydrogens is 168 g/mol. The highest BCUT2D eigenvalue weighted by atomic mass is 19.3. The Morgan fingerprint density at radius 1 is 1.67 bits per heavy atom. The molecule has 1 atom stereocenters. The molecule has 0 bridgehead atoms. The van der Waals surface area contributed by atoms with Crippen LogP contribution in [0, 0.1) is 0 Å². The first kappa shape index (κ1) is 9.38. The molecule has 0 aromatic carbocycles. The van der Waals surface area contributed by atoms with Crippen LogP contribution in [-0.2, 0) is 4.79 Å². The Balaban J connectivity index is 2.55. The summed E-state index contributed by atoms with van der Waals surface area (Å²) in [5.41, 5.74) is 0. The van der Waals surface area contributed by atoms with Gasteiger partial charge in [0, 0.05) is 6.54 Å². The Labute approximate surface area is 69.0 Å². The quantitative estimate of drug-likeness (QED) is 0.659. The molecule has 0 radical (unpaired) electrons. The lowest BCUT2D eigenvalue weighted by molar-refractivity contribution is -0.144. The first-order valence-electron chi connectivity index (χ1n) is 3.86. The van der Waals surface area contributed by atoms with E-state index in [4.69, 9.17) is 5.11 Å². The molecule has 5 heteroatoms. The van der Waals surface area contributed by atoms with Crippen molar-refractivity contribution in [3.63, 3.8) is 0 Å². The lowest BCUT2D eigenvalue weighted by atomic mass is 10.2. The number of carbonyl (C=O) groups excluding carboxylic acids is 1. The van der Waals surface area contributed by atoms with Crippen molar-refractivity contribution in [3.8, 4) is 0 Å². The van der Waals surface area contributed by atoms with Gasteiger partial charge in [0.2, 0.25) is 0 Å². The maximum absolute atomic E-state index is 11.9. The molecule has 1 N–H and O–H groups in total. The van der Waals surface area contributed by atoms with Gasteiger partial charge in [-0.15, -0.1) is 0 Å². The number of halogens is 2. The van der Waals surface area contributed by atoms with Crippen LogP contribution in [0.2, 0.25) is 0 Å². The molecule has 0 aromatic rings. The zero-order chi connectivity index (χ0) is 9.14. The van der Waals surface area contributed by atoms with E-state index in [1.807, 2.05) is 0 Å². The molecule has 1 heterocycles. The maximum Gasteiger partial charge on any atom is 0.315 e. The molecule has 1 rings (SSSR count). The second kappa shape index (κ2) is 3.80. The van der Waals surface area contributed by atoms with E-state index in [0.717, 1.165) is 4.90 Å². The molecule has 1 saturated heterocycles. The lowest BCUT2D eigenvalue weighted by Gasteiger charge is -2.22. The van der Waals surface area contributed by atoms with Crippen LogP contribution in [0.15, 0.2) is 0 Å². The monoisotopic (exact) mass is 179 g/mol. The third kappa shape index (κ3) is 1.72. The van der Waals surface area contributed by atoms with Gasteiger partial charge in [0.05, 0.1) is 12.6 Å². The third-order valence-corrected chi connectivity index (χ3v) is 2.06. The Morgan fingerprint density at radius 2 is 2.33 bits per heavy atom. The summed E-state index contributed by atoms with van der Waals surface area (Å²) < 4.78 is 23.8. The highest BCUT2D eigenvalue weighted by molar-refractivity contribution is 5.79. The van der Waals surface area contributed by atoms with Crippen LogP contribution in [0.3, 0.4) is 0 Å². The van der Waals surface area contributed by atoms with Gasteiger partial charge in [-0.1, -0.05) is 0 Å². The van der Waals surface area contributed by atoms with E-state index in [-0.39, 0.29) is 6.61 Å². The van der Waals surface area contributed by atoms with Gasteiger partial charge in [0.25, 0.3) is 5.91 Å². The number of hydrogen-bond acceptors (Lipinski definition) is 2. The predicted octanol–water partition coefficient (Wildman–Crippen LogP) is 0.235. The summed E-state index contributed by atoms with van der Waals surface area (Å²) in [5.74, 6) is -1.16. The van der Waals surface area contributed by atoms with Crippen LogP contribution < -0.4 is 0 Å². The van der Waals surface area contributed by atoms with Gasteiger partial charge in [-0.2, -0.15) is 8.78 Å². The Kier molecular flexibility index (Phi) is 2.97. The Morgan fingerprint density at radius 3 is 2.83 bits per heavy atom. The number of nitrogens with zero attached hydrogens (tertiary/aromatic N) is 1. The zero-order valence-electron chi connectivity index (χ0n) is 6.54. The van der Waals surface area contributed by atoms with Crippen LogP contribution in [-0.4, -0.2) is 41.5 Å². The van der Waals surface area contributed by atoms with Gasteiger partial charge in [0.1, 0.15) is 0 Å². The van der Waals surface area contributed by atoms with Gasteiger partial charge in [-0.05, 0) is 12.8 Å². The minimum atomic E-state index is -2.95. The average Bonchev–Trinajstić information content (AvgIpc) is 2.49. The summed E-state index contributed by atoms with van der Waals surface area (Å²) in [6, 6.07) is -0.397. The molecule has 1 fully saturated rings. The topological polar surface area (TPSA) is 40.5 Å². The number of likely N-dealkylation sites (tertiary alicyclic amines) is 1. The SMILES string of the molecule is O=C(C(F)F)N1CCCC1CO. The molecule has 0 aliphatic carbocycles. The number of rotatable bonds is 2. The van der Waals surface area contributed by atoms with Crippen molar-refractivity contribution in [1.29, 1.82) is 0 Å². The molecule has 1 aliphatic heterocycles. The maximum atomic E-state index is 11.9. The van der Waals surface area contributed by atoms with Crippen LogP contribution >= 0.6 is 0 Å². The van der Waals surface area contributed by atoms with Crippen LogP contribution in [0.5, 0.6) is 0 Å². The van der Waals surface area contributed by atoms with E-state index in [1.54, 1.807) is 0 Å². The first-order valence-corrected chi connectivity index (χ1v) is 3.86. The van der Waals surface area contributed by atoms with Gasteiger partial charge < -0.3 is 10.0 Å². The largest absolute Gasteiger partial charge is 0.394 e.